The zero-order chi connectivity index (χ0) is 11.5. The van der Waals surface area contributed by atoms with Crippen molar-refractivity contribution in [2.75, 3.05) is 6.26 Å². The molecule has 1 heterocycles. The van der Waals surface area contributed by atoms with Crippen molar-refractivity contribution < 1.29 is 4.79 Å². The number of aromatic nitrogens is 1. The molecule has 2 rings (SSSR count). The largest absolute Gasteiger partial charge is 0.364 e. The maximum Gasteiger partial charge on any atom is 0.277 e. The van der Waals surface area contributed by atoms with Crippen molar-refractivity contribution in [1.29, 1.82) is 0 Å². The van der Waals surface area contributed by atoms with Crippen LogP contribution >= 0.6 is 23.1 Å². The van der Waals surface area contributed by atoms with Crippen LogP contribution in [0.5, 0.6) is 0 Å². The number of carbonyl (C=O) groups is 1. The third-order valence-corrected chi connectivity index (χ3v) is 3.70. The van der Waals surface area contributed by atoms with E-state index >= 15 is 0 Å². The van der Waals surface area contributed by atoms with Gasteiger partial charge in [0.05, 0.1) is 5.69 Å². The van der Waals surface area contributed by atoms with E-state index in [1.165, 1.54) is 16.2 Å². The van der Waals surface area contributed by atoms with Crippen LogP contribution in [0.25, 0.3) is 11.3 Å². The van der Waals surface area contributed by atoms with Gasteiger partial charge < -0.3 is 5.73 Å². The van der Waals surface area contributed by atoms with Gasteiger partial charge in [0.15, 0.2) is 5.01 Å². The molecule has 0 radical (unpaired) electrons. The molecule has 5 heteroatoms. The highest BCUT2D eigenvalue weighted by Crippen LogP contribution is 2.24. The van der Waals surface area contributed by atoms with Gasteiger partial charge in [-0.25, -0.2) is 4.98 Å². The fourth-order valence-corrected chi connectivity index (χ4v) is 2.37. The number of thiazole rings is 1. The average Bonchev–Trinajstić information content (AvgIpc) is 2.78. The van der Waals surface area contributed by atoms with E-state index in [1.807, 2.05) is 35.9 Å². The molecule has 0 spiro atoms. The first-order chi connectivity index (χ1) is 7.70. The first kappa shape index (κ1) is 11.2. The molecule has 0 bridgehead atoms. The van der Waals surface area contributed by atoms with Gasteiger partial charge in [-0.3, -0.25) is 4.79 Å². The standard InChI is InChI=1S/C11H10N2OS2/c1-15-8-4-2-7(3-5-8)9-6-16-11(13-9)10(12)14/h2-6H,1H3,(H2,12,14). The van der Waals surface area contributed by atoms with Gasteiger partial charge in [-0.15, -0.1) is 23.1 Å². The Kier molecular flexibility index (Phi) is 3.26. The van der Waals surface area contributed by atoms with Gasteiger partial charge in [0, 0.05) is 15.8 Å². The summed E-state index contributed by atoms with van der Waals surface area (Å²) in [7, 11) is 0. The van der Waals surface area contributed by atoms with Gasteiger partial charge >= 0.3 is 0 Å². The molecular weight excluding hydrogens is 240 g/mol. The van der Waals surface area contributed by atoms with Crippen molar-refractivity contribution in [3.63, 3.8) is 0 Å². The minimum absolute atomic E-state index is 0.351. The predicted molar refractivity (Wildman–Crippen MR) is 67.8 cm³/mol. The van der Waals surface area contributed by atoms with Gasteiger partial charge in [-0.05, 0) is 18.4 Å². The maximum atomic E-state index is 10.9. The molecule has 1 aromatic carbocycles. The highest BCUT2D eigenvalue weighted by Gasteiger charge is 2.08. The van der Waals surface area contributed by atoms with Crippen LogP contribution in [0.15, 0.2) is 34.5 Å². The summed E-state index contributed by atoms with van der Waals surface area (Å²) >= 11 is 2.96. The Morgan fingerprint density at radius 2 is 2.06 bits per heavy atom. The highest BCUT2D eigenvalue weighted by atomic mass is 32.2. The average molecular weight is 250 g/mol. The Morgan fingerprint density at radius 3 is 2.56 bits per heavy atom. The van der Waals surface area contributed by atoms with E-state index in [9.17, 15) is 4.79 Å². The number of benzene rings is 1. The smallest absolute Gasteiger partial charge is 0.277 e. The van der Waals surface area contributed by atoms with Crippen molar-refractivity contribution in [3.05, 3.63) is 34.7 Å². The molecule has 0 aliphatic rings. The minimum Gasteiger partial charge on any atom is -0.364 e. The minimum atomic E-state index is -0.475. The van der Waals surface area contributed by atoms with Crippen LogP contribution in [0.1, 0.15) is 9.80 Å². The fourth-order valence-electron chi connectivity index (χ4n) is 1.28. The summed E-state index contributed by atoms with van der Waals surface area (Å²) in [5.41, 5.74) is 6.96. The summed E-state index contributed by atoms with van der Waals surface area (Å²) in [4.78, 5) is 16.3. The van der Waals surface area contributed by atoms with Crippen LogP contribution in [0.3, 0.4) is 0 Å². The van der Waals surface area contributed by atoms with Crippen LogP contribution in [-0.2, 0) is 0 Å². The Morgan fingerprint density at radius 1 is 1.38 bits per heavy atom. The molecule has 0 aliphatic heterocycles. The summed E-state index contributed by atoms with van der Waals surface area (Å²) in [6.45, 7) is 0. The maximum absolute atomic E-state index is 10.9. The van der Waals surface area contributed by atoms with E-state index in [0.29, 0.717) is 5.01 Å². The lowest BCUT2D eigenvalue weighted by Crippen LogP contribution is -2.10. The van der Waals surface area contributed by atoms with Crippen molar-refractivity contribution in [3.8, 4) is 11.3 Å². The second-order valence-electron chi connectivity index (χ2n) is 3.13. The van der Waals surface area contributed by atoms with Crippen LogP contribution in [0.2, 0.25) is 0 Å². The molecule has 1 amide bonds. The molecule has 0 saturated heterocycles. The highest BCUT2D eigenvalue weighted by molar-refractivity contribution is 7.98. The molecule has 3 nitrogen and oxygen atoms in total. The summed E-state index contributed by atoms with van der Waals surface area (Å²) in [6.07, 6.45) is 2.03. The number of nitrogens with two attached hydrogens (primary N) is 1. The summed E-state index contributed by atoms with van der Waals surface area (Å²) in [5, 5.41) is 2.19. The first-order valence-electron chi connectivity index (χ1n) is 4.60. The number of amides is 1. The second kappa shape index (κ2) is 4.67. The fraction of sp³-hybridized carbons (Fsp3) is 0.0909. The Labute approximate surface area is 102 Å². The van der Waals surface area contributed by atoms with E-state index in [2.05, 4.69) is 4.98 Å². The number of nitrogens with zero attached hydrogens (tertiary/aromatic N) is 1. The van der Waals surface area contributed by atoms with Crippen LogP contribution in [0.4, 0.5) is 0 Å². The summed E-state index contributed by atoms with van der Waals surface area (Å²) < 4.78 is 0. The molecule has 0 unspecified atom stereocenters. The molecule has 1 aromatic heterocycles. The Hall–Kier alpha value is -1.33. The lowest BCUT2D eigenvalue weighted by molar-refractivity contribution is 0.1000. The number of hydrogen-bond donors (Lipinski definition) is 1. The van der Waals surface area contributed by atoms with E-state index in [1.54, 1.807) is 11.8 Å². The topological polar surface area (TPSA) is 56.0 Å². The third-order valence-electron chi connectivity index (χ3n) is 2.10. The molecule has 0 aliphatic carbocycles. The lowest BCUT2D eigenvalue weighted by Gasteiger charge is -1.98. The van der Waals surface area contributed by atoms with Gasteiger partial charge in [0.2, 0.25) is 0 Å². The van der Waals surface area contributed by atoms with Crippen molar-refractivity contribution >= 4 is 29.0 Å². The molecule has 0 saturated carbocycles. The summed E-state index contributed by atoms with van der Waals surface area (Å²) in [5.74, 6) is -0.475. The van der Waals surface area contributed by atoms with Crippen molar-refractivity contribution in [2.24, 2.45) is 5.73 Å². The molecule has 0 fully saturated rings. The number of hydrogen-bond acceptors (Lipinski definition) is 4. The van der Waals surface area contributed by atoms with E-state index in [-0.39, 0.29) is 0 Å². The molecule has 16 heavy (non-hydrogen) atoms. The zero-order valence-corrected chi connectivity index (χ0v) is 10.3. The quantitative estimate of drug-likeness (QED) is 0.852. The second-order valence-corrected chi connectivity index (χ2v) is 4.87. The summed E-state index contributed by atoms with van der Waals surface area (Å²) in [6, 6.07) is 8.05. The van der Waals surface area contributed by atoms with Crippen LogP contribution in [0, 0.1) is 0 Å². The van der Waals surface area contributed by atoms with E-state index in [0.717, 1.165) is 11.3 Å². The van der Waals surface area contributed by atoms with E-state index in [4.69, 9.17) is 5.73 Å². The SMILES string of the molecule is CSc1ccc(-c2csc(C(N)=O)n2)cc1. The number of carbonyl (C=O) groups excluding carboxylic acids is 1. The molecular formula is C11H10N2OS2. The lowest BCUT2D eigenvalue weighted by atomic mass is 10.2. The van der Waals surface area contributed by atoms with Gasteiger partial charge in [0.1, 0.15) is 0 Å². The Balaban J connectivity index is 2.31. The number of primary amides is 1. The van der Waals surface area contributed by atoms with Gasteiger partial charge in [0.25, 0.3) is 5.91 Å². The number of rotatable bonds is 3. The molecule has 2 N–H and O–H groups in total. The van der Waals surface area contributed by atoms with Crippen LogP contribution in [-0.4, -0.2) is 17.1 Å². The van der Waals surface area contributed by atoms with Crippen LogP contribution < -0.4 is 5.73 Å². The van der Waals surface area contributed by atoms with E-state index < -0.39 is 5.91 Å². The predicted octanol–water partition coefficient (Wildman–Crippen LogP) is 2.63. The molecule has 2 aromatic rings. The normalized spacial score (nSPS) is 10.3. The van der Waals surface area contributed by atoms with Gasteiger partial charge in [-0.1, -0.05) is 12.1 Å². The number of thioether (sulfide) groups is 1. The van der Waals surface area contributed by atoms with Crippen molar-refractivity contribution in [1.82, 2.24) is 4.98 Å². The molecule has 82 valence electrons. The van der Waals surface area contributed by atoms with Gasteiger partial charge in [-0.2, -0.15) is 0 Å². The third kappa shape index (κ3) is 2.25. The van der Waals surface area contributed by atoms with Crippen molar-refractivity contribution in [2.45, 2.75) is 4.90 Å². The molecule has 0 atom stereocenters. The zero-order valence-electron chi connectivity index (χ0n) is 8.64. The Bertz CT molecular complexity index is 505. The monoisotopic (exact) mass is 250 g/mol. The first-order valence-corrected chi connectivity index (χ1v) is 6.71.